The molecule has 1 atom stereocenters. The Balaban J connectivity index is 1.24. The van der Waals surface area contributed by atoms with Crippen LogP contribution in [0, 0.1) is 0 Å². The Kier molecular flexibility index (Phi) is 6.47. The number of rotatable bonds is 6. The molecular weight excluding hydrogens is 430 g/mol. The van der Waals surface area contributed by atoms with Gasteiger partial charge in [0.15, 0.2) is 0 Å². The molecule has 3 aromatic carbocycles. The number of fused-ring (bicyclic) bond motifs is 1. The first-order valence-corrected chi connectivity index (χ1v) is 11.9. The van der Waals surface area contributed by atoms with Gasteiger partial charge in [-0.15, -0.1) is 0 Å². The molecule has 1 N–H and O–H groups in total. The van der Waals surface area contributed by atoms with E-state index in [1.807, 2.05) is 41.4 Å². The number of aryl methyl sites for hydroxylation is 1. The molecule has 0 radical (unpaired) electrons. The number of piperazine rings is 1. The summed E-state index contributed by atoms with van der Waals surface area (Å²) in [6.45, 7) is 3.20. The minimum atomic E-state index is 0.159. The minimum absolute atomic E-state index is 0.159. The van der Waals surface area contributed by atoms with Crippen LogP contribution in [0.1, 0.15) is 29.2 Å². The molecule has 1 aliphatic heterocycles. The third kappa shape index (κ3) is 4.82. The summed E-state index contributed by atoms with van der Waals surface area (Å²) in [5.74, 6) is 0.239. The highest BCUT2D eigenvalue weighted by Crippen LogP contribution is 2.30. The lowest BCUT2D eigenvalue weighted by Gasteiger charge is -2.40. The highest BCUT2D eigenvalue weighted by atomic mass is 35.5. The maximum absolute atomic E-state index is 13.0. The molecule has 0 aliphatic carbocycles. The van der Waals surface area contributed by atoms with Crippen LogP contribution < -0.4 is 0 Å². The lowest BCUT2D eigenvalue weighted by molar-refractivity contribution is -0.133. The average molecular weight is 458 g/mol. The van der Waals surface area contributed by atoms with Crippen LogP contribution in [0.5, 0.6) is 0 Å². The van der Waals surface area contributed by atoms with Gasteiger partial charge in [0.05, 0.1) is 6.04 Å². The first-order valence-electron chi connectivity index (χ1n) is 11.6. The van der Waals surface area contributed by atoms with Gasteiger partial charge in [-0.2, -0.15) is 0 Å². The molecule has 5 heteroatoms. The number of halogens is 1. The summed E-state index contributed by atoms with van der Waals surface area (Å²) in [7, 11) is 0. The number of aromatic nitrogens is 1. The fraction of sp³-hybridized carbons (Fsp3) is 0.250. The largest absolute Gasteiger partial charge is 0.361 e. The predicted molar refractivity (Wildman–Crippen MR) is 135 cm³/mol. The number of carbonyl (C=O) groups excluding carboxylic acids is 1. The van der Waals surface area contributed by atoms with Crippen LogP contribution in [0.3, 0.4) is 0 Å². The third-order valence-electron chi connectivity index (χ3n) is 6.62. The van der Waals surface area contributed by atoms with Crippen LogP contribution in [0.25, 0.3) is 10.9 Å². The van der Waals surface area contributed by atoms with Crippen molar-refractivity contribution < 1.29 is 4.79 Å². The lowest BCUT2D eigenvalue weighted by Crippen LogP contribution is -2.49. The second-order valence-electron chi connectivity index (χ2n) is 8.64. The second kappa shape index (κ2) is 9.82. The predicted octanol–water partition coefficient (Wildman–Crippen LogP) is 5.69. The highest BCUT2D eigenvalue weighted by molar-refractivity contribution is 6.30. The Labute approximate surface area is 199 Å². The van der Waals surface area contributed by atoms with Gasteiger partial charge in [0.2, 0.25) is 5.91 Å². The number of carbonyl (C=O) groups is 1. The molecule has 1 aliphatic rings. The van der Waals surface area contributed by atoms with Crippen molar-refractivity contribution in [3.8, 4) is 0 Å². The number of nitrogens with one attached hydrogen (secondary N) is 1. The van der Waals surface area contributed by atoms with Gasteiger partial charge in [0, 0.05) is 54.7 Å². The fourth-order valence-electron chi connectivity index (χ4n) is 4.86. The van der Waals surface area contributed by atoms with Crippen molar-refractivity contribution in [2.45, 2.75) is 18.9 Å². The van der Waals surface area contributed by atoms with Gasteiger partial charge in [-0.1, -0.05) is 72.3 Å². The van der Waals surface area contributed by atoms with Gasteiger partial charge in [-0.25, -0.2) is 0 Å². The van der Waals surface area contributed by atoms with Crippen LogP contribution >= 0.6 is 11.6 Å². The van der Waals surface area contributed by atoms with Gasteiger partial charge in [-0.05, 0) is 41.3 Å². The topological polar surface area (TPSA) is 39.3 Å². The molecule has 168 valence electrons. The molecule has 1 fully saturated rings. The molecule has 33 heavy (non-hydrogen) atoms. The summed E-state index contributed by atoms with van der Waals surface area (Å²) >= 11 is 6.14. The van der Waals surface area contributed by atoms with Gasteiger partial charge < -0.3 is 9.88 Å². The summed E-state index contributed by atoms with van der Waals surface area (Å²) in [5.41, 5.74) is 4.83. The number of nitrogens with zero attached hydrogens (tertiary/aromatic N) is 2. The van der Waals surface area contributed by atoms with Gasteiger partial charge in [0.1, 0.15) is 0 Å². The summed E-state index contributed by atoms with van der Waals surface area (Å²) in [5, 5.41) is 1.96. The number of hydrogen-bond acceptors (Lipinski definition) is 2. The van der Waals surface area contributed by atoms with E-state index >= 15 is 0 Å². The second-order valence-corrected chi connectivity index (χ2v) is 9.08. The number of amides is 1. The molecule has 1 aromatic heterocycles. The summed E-state index contributed by atoms with van der Waals surface area (Å²) in [6.07, 6.45) is 3.34. The van der Waals surface area contributed by atoms with Crippen molar-refractivity contribution in [1.29, 1.82) is 0 Å². The Morgan fingerprint density at radius 1 is 0.848 bits per heavy atom. The zero-order valence-corrected chi connectivity index (χ0v) is 19.3. The third-order valence-corrected chi connectivity index (χ3v) is 6.87. The van der Waals surface area contributed by atoms with E-state index in [9.17, 15) is 4.79 Å². The van der Waals surface area contributed by atoms with Crippen molar-refractivity contribution in [2.24, 2.45) is 0 Å². The molecule has 0 spiro atoms. The first-order chi connectivity index (χ1) is 16.2. The molecule has 5 rings (SSSR count). The number of H-pyrrole nitrogens is 1. The quantitative estimate of drug-likeness (QED) is 0.404. The van der Waals surface area contributed by atoms with E-state index in [4.69, 9.17) is 11.6 Å². The molecule has 1 saturated heterocycles. The smallest absolute Gasteiger partial charge is 0.222 e. The van der Waals surface area contributed by atoms with Gasteiger partial charge in [0.25, 0.3) is 0 Å². The number of aromatic amines is 1. The van der Waals surface area contributed by atoms with E-state index < -0.39 is 0 Å². The number of benzene rings is 3. The van der Waals surface area contributed by atoms with Crippen molar-refractivity contribution in [2.75, 3.05) is 26.2 Å². The Hall–Kier alpha value is -3.08. The molecule has 2 heterocycles. The van der Waals surface area contributed by atoms with Crippen molar-refractivity contribution in [3.63, 3.8) is 0 Å². The number of hydrogen-bond donors (Lipinski definition) is 1. The Bertz CT molecular complexity index is 1210. The maximum atomic E-state index is 13.0. The SMILES string of the molecule is O=C(CCc1c[nH]c2ccccc12)N1CCN(C(c2ccccc2)c2ccc(Cl)cc2)CC1. The zero-order chi connectivity index (χ0) is 22.6. The van der Waals surface area contributed by atoms with Gasteiger partial charge >= 0.3 is 0 Å². The van der Waals surface area contributed by atoms with Crippen molar-refractivity contribution in [3.05, 3.63) is 107 Å². The van der Waals surface area contributed by atoms with Crippen LogP contribution in [0.4, 0.5) is 0 Å². The van der Waals surface area contributed by atoms with Crippen LogP contribution in [-0.4, -0.2) is 46.9 Å². The van der Waals surface area contributed by atoms with Crippen molar-refractivity contribution >= 4 is 28.4 Å². The Morgan fingerprint density at radius 3 is 2.27 bits per heavy atom. The molecule has 0 bridgehead atoms. The standard InChI is InChI=1S/C28H28ClN3O/c29-24-13-10-22(11-14-24)28(21-6-2-1-3-7-21)32-18-16-31(17-19-32)27(33)15-12-23-20-30-26-9-5-4-8-25(23)26/h1-11,13-14,20,28,30H,12,15-19H2. The molecule has 0 saturated carbocycles. The van der Waals surface area contributed by atoms with E-state index in [1.54, 1.807) is 0 Å². The van der Waals surface area contributed by atoms with Crippen LogP contribution in [-0.2, 0) is 11.2 Å². The van der Waals surface area contributed by atoms with E-state index in [1.165, 1.54) is 22.1 Å². The van der Waals surface area contributed by atoms with Crippen LogP contribution in [0.2, 0.25) is 5.02 Å². The molecule has 4 nitrogen and oxygen atoms in total. The number of para-hydroxylation sites is 1. The maximum Gasteiger partial charge on any atom is 0.222 e. The lowest BCUT2D eigenvalue weighted by atomic mass is 9.96. The molecular formula is C28H28ClN3O. The minimum Gasteiger partial charge on any atom is -0.361 e. The molecule has 4 aromatic rings. The van der Waals surface area contributed by atoms with E-state index in [0.717, 1.165) is 43.1 Å². The zero-order valence-electron chi connectivity index (χ0n) is 18.6. The molecule has 1 unspecified atom stereocenters. The molecule has 1 amide bonds. The van der Waals surface area contributed by atoms with Crippen LogP contribution in [0.15, 0.2) is 85.1 Å². The highest BCUT2D eigenvalue weighted by Gasteiger charge is 2.28. The fourth-order valence-corrected chi connectivity index (χ4v) is 4.99. The monoisotopic (exact) mass is 457 g/mol. The Morgan fingerprint density at radius 2 is 1.52 bits per heavy atom. The van der Waals surface area contributed by atoms with E-state index in [2.05, 4.69) is 58.4 Å². The van der Waals surface area contributed by atoms with Gasteiger partial charge in [-0.3, -0.25) is 9.69 Å². The van der Waals surface area contributed by atoms with E-state index in [-0.39, 0.29) is 11.9 Å². The average Bonchev–Trinajstić information content (AvgIpc) is 3.28. The summed E-state index contributed by atoms with van der Waals surface area (Å²) < 4.78 is 0. The van der Waals surface area contributed by atoms with E-state index in [0.29, 0.717) is 6.42 Å². The van der Waals surface area contributed by atoms with Crippen molar-refractivity contribution in [1.82, 2.24) is 14.8 Å². The summed E-state index contributed by atoms with van der Waals surface area (Å²) in [6, 6.07) is 27.1. The summed E-state index contributed by atoms with van der Waals surface area (Å²) in [4.78, 5) is 20.8. The normalized spacial score (nSPS) is 15.6. The first kappa shape index (κ1) is 21.7.